The van der Waals surface area contributed by atoms with Crippen LogP contribution in [0.3, 0.4) is 0 Å². The lowest BCUT2D eigenvalue weighted by atomic mass is 10.2. The quantitative estimate of drug-likeness (QED) is 0.451. The second-order valence-corrected chi connectivity index (χ2v) is 6.92. The van der Waals surface area contributed by atoms with Crippen molar-refractivity contribution >= 4 is 43.6 Å². The van der Waals surface area contributed by atoms with Gasteiger partial charge in [0.2, 0.25) is 5.88 Å². The topological polar surface area (TPSA) is 91.7 Å². The Hall–Kier alpha value is -3.52. The Kier molecular flexibility index (Phi) is 3.91. The SMILES string of the molecule is Nc1c(Oc2ccc(Br)c3cccnc23)ncnc1-n1cnc2ccccc21. The second kappa shape index (κ2) is 6.58. The smallest absolute Gasteiger partial charge is 0.248 e. The molecule has 2 N–H and O–H groups in total. The molecule has 0 radical (unpaired) electrons. The molecule has 0 aliphatic rings. The van der Waals surface area contributed by atoms with Gasteiger partial charge in [0.05, 0.1) is 11.0 Å². The molecule has 0 spiro atoms. The average Bonchev–Trinajstić information content (AvgIpc) is 3.16. The van der Waals surface area contributed by atoms with Crippen LogP contribution in [0.1, 0.15) is 0 Å². The van der Waals surface area contributed by atoms with E-state index in [-0.39, 0.29) is 5.88 Å². The van der Waals surface area contributed by atoms with Crippen LogP contribution in [-0.2, 0) is 0 Å². The molecule has 3 heterocycles. The summed E-state index contributed by atoms with van der Waals surface area (Å²) in [6.45, 7) is 0. The number of nitrogen functional groups attached to an aromatic ring is 1. The van der Waals surface area contributed by atoms with E-state index in [4.69, 9.17) is 10.5 Å². The lowest BCUT2D eigenvalue weighted by Gasteiger charge is -2.12. The number of para-hydroxylation sites is 2. The van der Waals surface area contributed by atoms with Crippen molar-refractivity contribution in [3.8, 4) is 17.4 Å². The molecule has 0 unspecified atom stereocenters. The monoisotopic (exact) mass is 432 g/mol. The number of rotatable bonds is 3. The summed E-state index contributed by atoms with van der Waals surface area (Å²) in [5.41, 5.74) is 9.14. The maximum atomic E-state index is 6.36. The molecule has 0 atom stereocenters. The Balaban J connectivity index is 1.62. The largest absolute Gasteiger partial charge is 0.435 e. The summed E-state index contributed by atoms with van der Waals surface area (Å²) < 4.78 is 8.79. The fraction of sp³-hybridized carbons (Fsp3) is 0. The molecule has 7 nitrogen and oxygen atoms in total. The van der Waals surface area contributed by atoms with Gasteiger partial charge in [-0.15, -0.1) is 0 Å². The van der Waals surface area contributed by atoms with Crippen molar-refractivity contribution in [2.75, 3.05) is 5.73 Å². The van der Waals surface area contributed by atoms with E-state index in [2.05, 4.69) is 35.9 Å². The molecule has 28 heavy (non-hydrogen) atoms. The number of aromatic nitrogens is 5. The van der Waals surface area contributed by atoms with Crippen molar-refractivity contribution in [1.29, 1.82) is 0 Å². The van der Waals surface area contributed by atoms with Gasteiger partial charge in [0.25, 0.3) is 0 Å². The highest BCUT2D eigenvalue weighted by Gasteiger charge is 2.16. The zero-order chi connectivity index (χ0) is 19.1. The van der Waals surface area contributed by atoms with Crippen LogP contribution >= 0.6 is 15.9 Å². The van der Waals surface area contributed by atoms with Crippen molar-refractivity contribution in [3.05, 3.63) is 71.9 Å². The van der Waals surface area contributed by atoms with Crippen LogP contribution in [0.2, 0.25) is 0 Å². The summed E-state index contributed by atoms with van der Waals surface area (Å²) >= 11 is 3.54. The standard InChI is InChI=1S/C20H13BrN6O/c21-13-7-8-16(18-12(13)4-3-9-23-18)28-20-17(22)19(24-10-25-20)27-11-26-14-5-1-2-6-15(14)27/h1-11H,22H2. The zero-order valence-corrected chi connectivity index (χ0v) is 16.0. The molecule has 0 saturated heterocycles. The van der Waals surface area contributed by atoms with Gasteiger partial charge in [-0.2, -0.15) is 4.98 Å². The Morgan fingerprint density at radius 1 is 0.929 bits per heavy atom. The number of anilines is 1. The van der Waals surface area contributed by atoms with Crippen molar-refractivity contribution in [3.63, 3.8) is 0 Å². The predicted molar refractivity (Wildman–Crippen MR) is 111 cm³/mol. The van der Waals surface area contributed by atoms with E-state index < -0.39 is 0 Å². The number of fused-ring (bicyclic) bond motifs is 2. The van der Waals surface area contributed by atoms with Crippen molar-refractivity contribution in [2.45, 2.75) is 0 Å². The average molecular weight is 433 g/mol. The Bertz CT molecular complexity index is 1330. The Morgan fingerprint density at radius 3 is 2.75 bits per heavy atom. The number of nitrogens with zero attached hydrogens (tertiary/aromatic N) is 5. The van der Waals surface area contributed by atoms with Gasteiger partial charge in [0.1, 0.15) is 23.9 Å². The molecule has 0 aliphatic carbocycles. The van der Waals surface area contributed by atoms with Gasteiger partial charge in [0, 0.05) is 16.1 Å². The first-order valence-corrected chi connectivity index (χ1v) is 9.25. The summed E-state index contributed by atoms with van der Waals surface area (Å²) in [5, 5.41) is 0.938. The molecule has 5 rings (SSSR count). The first kappa shape index (κ1) is 16.6. The second-order valence-electron chi connectivity index (χ2n) is 6.07. The lowest BCUT2D eigenvalue weighted by Crippen LogP contribution is -2.05. The molecule has 0 aliphatic heterocycles. The van der Waals surface area contributed by atoms with Gasteiger partial charge in [-0.3, -0.25) is 9.55 Å². The fourth-order valence-electron chi connectivity index (χ4n) is 3.07. The fourth-order valence-corrected chi connectivity index (χ4v) is 3.52. The van der Waals surface area contributed by atoms with Gasteiger partial charge in [-0.05, 0) is 30.3 Å². The molecular weight excluding hydrogens is 420 g/mol. The molecule has 0 fully saturated rings. The van der Waals surface area contributed by atoms with Crippen LogP contribution < -0.4 is 10.5 Å². The molecule has 2 aromatic carbocycles. The van der Waals surface area contributed by atoms with Gasteiger partial charge >= 0.3 is 0 Å². The molecule has 0 bridgehead atoms. The summed E-state index contributed by atoms with van der Waals surface area (Å²) in [7, 11) is 0. The number of nitrogens with two attached hydrogens (primary N) is 1. The highest BCUT2D eigenvalue weighted by atomic mass is 79.9. The van der Waals surface area contributed by atoms with Gasteiger partial charge in [0.15, 0.2) is 11.6 Å². The van der Waals surface area contributed by atoms with Crippen molar-refractivity contribution in [2.24, 2.45) is 0 Å². The first-order valence-electron chi connectivity index (χ1n) is 8.46. The van der Waals surface area contributed by atoms with Crippen LogP contribution in [0.25, 0.3) is 27.8 Å². The van der Waals surface area contributed by atoms with E-state index >= 15 is 0 Å². The lowest BCUT2D eigenvalue weighted by molar-refractivity contribution is 0.468. The number of imidazole rings is 1. The Morgan fingerprint density at radius 2 is 1.82 bits per heavy atom. The normalized spacial score (nSPS) is 11.2. The first-order chi connectivity index (χ1) is 13.7. The van der Waals surface area contributed by atoms with E-state index in [1.54, 1.807) is 12.5 Å². The van der Waals surface area contributed by atoms with Crippen LogP contribution in [0, 0.1) is 0 Å². The van der Waals surface area contributed by atoms with Gasteiger partial charge in [-0.1, -0.05) is 34.1 Å². The van der Waals surface area contributed by atoms with Crippen LogP contribution in [0.5, 0.6) is 11.6 Å². The number of hydrogen-bond acceptors (Lipinski definition) is 6. The molecule has 0 amide bonds. The summed E-state index contributed by atoms with van der Waals surface area (Å²) in [6, 6.07) is 15.3. The van der Waals surface area contributed by atoms with Crippen LogP contribution in [0.4, 0.5) is 5.69 Å². The minimum absolute atomic E-state index is 0.261. The van der Waals surface area contributed by atoms with E-state index in [1.807, 2.05) is 53.1 Å². The molecule has 3 aromatic heterocycles. The Labute approximate surface area is 168 Å². The minimum Gasteiger partial charge on any atom is -0.435 e. The third kappa shape index (κ3) is 2.66. The predicted octanol–water partition coefficient (Wildman–Crippen LogP) is 4.50. The molecule has 8 heteroatoms. The maximum Gasteiger partial charge on any atom is 0.248 e. The van der Waals surface area contributed by atoms with Crippen LogP contribution in [0.15, 0.2) is 71.9 Å². The van der Waals surface area contributed by atoms with E-state index in [0.717, 1.165) is 20.9 Å². The zero-order valence-electron chi connectivity index (χ0n) is 14.5. The number of pyridine rings is 1. The third-order valence-corrected chi connectivity index (χ3v) is 5.09. The van der Waals surface area contributed by atoms with E-state index in [0.29, 0.717) is 22.8 Å². The van der Waals surface area contributed by atoms with Crippen LogP contribution in [-0.4, -0.2) is 24.5 Å². The summed E-state index contributed by atoms with van der Waals surface area (Å²) in [4.78, 5) is 17.4. The van der Waals surface area contributed by atoms with Crippen molar-refractivity contribution < 1.29 is 4.74 Å². The number of hydrogen-bond donors (Lipinski definition) is 1. The molecular formula is C20H13BrN6O. The number of ether oxygens (including phenoxy) is 1. The molecule has 136 valence electrons. The molecule has 0 saturated carbocycles. The van der Waals surface area contributed by atoms with E-state index in [9.17, 15) is 0 Å². The minimum atomic E-state index is 0.261. The molecule has 5 aromatic rings. The van der Waals surface area contributed by atoms with Crippen molar-refractivity contribution in [1.82, 2.24) is 24.5 Å². The van der Waals surface area contributed by atoms with E-state index in [1.165, 1.54) is 6.33 Å². The number of halogens is 1. The summed E-state index contributed by atoms with van der Waals surface area (Å²) in [6.07, 6.45) is 4.82. The number of benzene rings is 2. The van der Waals surface area contributed by atoms with Gasteiger partial charge < -0.3 is 10.5 Å². The maximum absolute atomic E-state index is 6.36. The third-order valence-electron chi connectivity index (χ3n) is 4.39. The highest BCUT2D eigenvalue weighted by Crippen LogP contribution is 2.35. The van der Waals surface area contributed by atoms with Gasteiger partial charge in [-0.25, -0.2) is 9.97 Å². The summed E-state index contributed by atoms with van der Waals surface area (Å²) in [5.74, 6) is 1.33. The highest BCUT2D eigenvalue weighted by molar-refractivity contribution is 9.10.